The number of aryl methyl sites for hydroxylation is 1. The van der Waals surface area contributed by atoms with Gasteiger partial charge in [-0.2, -0.15) is 0 Å². The number of carbonyl (C=O) groups excluding carboxylic acids is 2. The molecule has 0 saturated heterocycles. The average Bonchev–Trinajstić information content (AvgIpc) is 3.48. The number of benzene rings is 2. The molecule has 32 heavy (non-hydrogen) atoms. The molecule has 0 spiro atoms. The molecule has 0 atom stereocenters. The van der Waals surface area contributed by atoms with Gasteiger partial charge in [-0.15, -0.1) is 22.7 Å². The summed E-state index contributed by atoms with van der Waals surface area (Å²) in [5.74, 6) is -0.267. The van der Waals surface area contributed by atoms with Crippen LogP contribution in [0.5, 0.6) is 0 Å². The third kappa shape index (κ3) is 5.66. The zero-order chi connectivity index (χ0) is 22.3. The third-order valence-electron chi connectivity index (χ3n) is 4.75. The topological polar surface area (TPSA) is 84.0 Å². The van der Waals surface area contributed by atoms with Gasteiger partial charge in [-0.25, -0.2) is 9.97 Å². The molecule has 0 fully saturated rings. The van der Waals surface area contributed by atoms with Crippen LogP contribution >= 0.6 is 22.7 Å². The Morgan fingerprint density at radius 2 is 1.69 bits per heavy atom. The van der Waals surface area contributed by atoms with E-state index in [0.29, 0.717) is 17.4 Å². The van der Waals surface area contributed by atoms with E-state index in [9.17, 15) is 9.59 Å². The minimum Gasteiger partial charge on any atom is -0.356 e. The summed E-state index contributed by atoms with van der Waals surface area (Å²) in [7, 11) is 0. The predicted molar refractivity (Wildman–Crippen MR) is 130 cm³/mol. The standard InChI is InChI=1S/C24H22N4O2S2/c1-16(29)25-13-5-6-17-9-11-18(12-10-17)20-14-32-24(27-20)28-22(30)21-15-31-23(26-21)19-7-3-2-4-8-19/h2-4,7-12,14-15H,5-6,13H2,1H3,(H,25,29)(H,27,28,30). The Morgan fingerprint density at radius 3 is 2.44 bits per heavy atom. The number of hydrogen-bond donors (Lipinski definition) is 2. The second-order valence-corrected chi connectivity index (χ2v) is 8.90. The van der Waals surface area contributed by atoms with E-state index in [0.717, 1.165) is 34.7 Å². The van der Waals surface area contributed by atoms with Crippen molar-refractivity contribution in [1.29, 1.82) is 0 Å². The third-order valence-corrected chi connectivity index (χ3v) is 6.40. The average molecular weight is 463 g/mol. The quantitative estimate of drug-likeness (QED) is 0.350. The second kappa shape index (κ2) is 10.3. The lowest BCUT2D eigenvalue weighted by Crippen LogP contribution is -2.21. The van der Waals surface area contributed by atoms with Crippen molar-refractivity contribution in [3.8, 4) is 21.8 Å². The molecule has 0 bridgehead atoms. The van der Waals surface area contributed by atoms with E-state index in [2.05, 4.69) is 32.7 Å². The number of carbonyl (C=O) groups is 2. The molecular formula is C24H22N4O2S2. The van der Waals surface area contributed by atoms with Crippen molar-refractivity contribution >= 4 is 39.6 Å². The molecule has 2 N–H and O–H groups in total. The van der Waals surface area contributed by atoms with Gasteiger partial charge in [0.15, 0.2) is 5.13 Å². The van der Waals surface area contributed by atoms with Crippen LogP contribution in [0.2, 0.25) is 0 Å². The molecule has 0 aliphatic rings. The highest BCUT2D eigenvalue weighted by Gasteiger charge is 2.14. The zero-order valence-electron chi connectivity index (χ0n) is 17.5. The summed E-state index contributed by atoms with van der Waals surface area (Å²) in [6.45, 7) is 2.20. The van der Waals surface area contributed by atoms with E-state index >= 15 is 0 Å². The van der Waals surface area contributed by atoms with E-state index in [1.807, 2.05) is 47.8 Å². The highest BCUT2D eigenvalue weighted by Crippen LogP contribution is 2.27. The van der Waals surface area contributed by atoms with Gasteiger partial charge in [0.1, 0.15) is 10.7 Å². The second-order valence-electron chi connectivity index (χ2n) is 7.18. The molecule has 0 aliphatic carbocycles. The molecule has 2 heterocycles. The van der Waals surface area contributed by atoms with Crippen molar-refractivity contribution in [2.24, 2.45) is 0 Å². The summed E-state index contributed by atoms with van der Waals surface area (Å²) in [5, 5.41) is 10.7. The Morgan fingerprint density at radius 1 is 0.906 bits per heavy atom. The van der Waals surface area contributed by atoms with Crippen molar-refractivity contribution in [2.75, 3.05) is 11.9 Å². The minimum atomic E-state index is -0.265. The van der Waals surface area contributed by atoms with Gasteiger partial charge in [0, 0.05) is 35.4 Å². The maximum absolute atomic E-state index is 12.6. The van der Waals surface area contributed by atoms with Crippen LogP contribution in [0.25, 0.3) is 21.8 Å². The van der Waals surface area contributed by atoms with Crippen LogP contribution in [0.3, 0.4) is 0 Å². The first-order chi connectivity index (χ1) is 15.6. The number of hydrogen-bond acceptors (Lipinski definition) is 6. The SMILES string of the molecule is CC(=O)NCCCc1ccc(-c2csc(NC(=O)c3csc(-c4ccccc4)n3)n2)cc1. The largest absolute Gasteiger partial charge is 0.356 e. The van der Waals surface area contributed by atoms with Crippen molar-refractivity contribution in [3.05, 3.63) is 76.6 Å². The van der Waals surface area contributed by atoms with E-state index < -0.39 is 0 Å². The Hall–Kier alpha value is -3.36. The van der Waals surface area contributed by atoms with Crippen molar-refractivity contribution in [2.45, 2.75) is 19.8 Å². The van der Waals surface area contributed by atoms with Crippen LogP contribution in [0, 0.1) is 0 Å². The van der Waals surface area contributed by atoms with Gasteiger partial charge in [0.05, 0.1) is 5.69 Å². The molecule has 0 aliphatic heterocycles. The fourth-order valence-electron chi connectivity index (χ4n) is 3.12. The van der Waals surface area contributed by atoms with Gasteiger partial charge in [-0.3, -0.25) is 14.9 Å². The normalized spacial score (nSPS) is 10.7. The number of anilines is 1. The molecule has 2 aromatic heterocycles. The summed E-state index contributed by atoms with van der Waals surface area (Å²) in [5.41, 5.74) is 4.40. The molecule has 0 unspecified atom stereocenters. The maximum Gasteiger partial charge on any atom is 0.276 e. The van der Waals surface area contributed by atoms with Gasteiger partial charge < -0.3 is 5.32 Å². The van der Waals surface area contributed by atoms with Gasteiger partial charge in [-0.05, 0) is 18.4 Å². The summed E-state index contributed by atoms with van der Waals surface area (Å²) in [6, 6.07) is 18.0. The van der Waals surface area contributed by atoms with Crippen molar-refractivity contribution in [3.63, 3.8) is 0 Å². The molecular weight excluding hydrogens is 440 g/mol. The highest BCUT2D eigenvalue weighted by molar-refractivity contribution is 7.14. The molecule has 4 aromatic rings. The first kappa shape index (κ1) is 21.9. The monoisotopic (exact) mass is 462 g/mol. The number of thiazole rings is 2. The number of rotatable bonds is 8. The predicted octanol–water partition coefficient (Wildman–Crippen LogP) is 5.25. The van der Waals surface area contributed by atoms with Gasteiger partial charge in [-0.1, -0.05) is 54.6 Å². The Labute approximate surface area is 194 Å². The molecule has 2 amide bonds. The first-order valence-corrected chi connectivity index (χ1v) is 12.0. The van der Waals surface area contributed by atoms with Crippen molar-refractivity contribution in [1.82, 2.24) is 15.3 Å². The van der Waals surface area contributed by atoms with Crippen molar-refractivity contribution < 1.29 is 9.59 Å². The fourth-order valence-corrected chi connectivity index (χ4v) is 4.64. The van der Waals surface area contributed by atoms with E-state index in [1.54, 1.807) is 5.38 Å². The molecule has 8 heteroatoms. The fraction of sp³-hybridized carbons (Fsp3) is 0.167. The Bertz CT molecular complexity index is 1200. The molecule has 0 radical (unpaired) electrons. The summed E-state index contributed by atoms with van der Waals surface area (Å²) < 4.78 is 0. The van der Waals surface area contributed by atoms with E-state index in [4.69, 9.17) is 0 Å². The Balaban J connectivity index is 1.35. The molecule has 2 aromatic carbocycles. The minimum absolute atomic E-state index is 0.00168. The van der Waals surface area contributed by atoms with Crippen LogP contribution < -0.4 is 10.6 Å². The number of aromatic nitrogens is 2. The van der Waals surface area contributed by atoms with Crippen LogP contribution in [0.15, 0.2) is 65.4 Å². The smallest absolute Gasteiger partial charge is 0.276 e. The maximum atomic E-state index is 12.6. The number of nitrogens with zero attached hydrogens (tertiary/aromatic N) is 2. The zero-order valence-corrected chi connectivity index (χ0v) is 19.1. The molecule has 6 nitrogen and oxygen atoms in total. The van der Waals surface area contributed by atoms with Crippen LogP contribution in [-0.4, -0.2) is 28.3 Å². The summed E-state index contributed by atoms with van der Waals surface area (Å²) in [6.07, 6.45) is 1.80. The molecule has 4 rings (SSSR count). The van der Waals surface area contributed by atoms with Gasteiger partial charge in [0.2, 0.25) is 5.91 Å². The van der Waals surface area contributed by atoms with E-state index in [-0.39, 0.29) is 11.8 Å². The summed E-state index contributed by atoms with van der Waals surface area (Å²) in [4.78, 5) is 32.5. The van der Waals surface area contributed by atoms with Gasteiger partial charge >= 0.3 is 0 Å². The van der Waals surface area contributed by atoms with E-state index in [1.165, 1.54) is 35.2 Å². The van der Waals surface area contributed by atoms with Crippen LogP contribution in [0.4, 0.5) is 5.13 Å². The number of amides is 2. The lowest BCUT2D eigenvalue weighted by Gasteiger charge is -2.04. The summed E-state index contributed by atoms with van der Waals surface area (Å²) >= 11 is 2.83. The van der Waals surface area contributed by atoms with Crippen LogP contribution in [-0.2, 0) is 11.2 Å². The lowest BCUT2D eigenvalue weighted by atomic mass is 10.1. The van der Waals surface area contributed by atoms with Gasteiger partial charge in [0.25, 0.3) is 5.91 Å². The molecule has 162 valence electrons. The van der Waals surface area contributed by atoms with Crippen LogP contribution in [0.1, 0.15) is 29.4 Å². The lowest BCUT2D eigenvalue weighted by molar-refractivity contribution is -0.118. The first-order valence-electron chi connectivity index (χ1n) is 10.2. The highest BCUT2D eigenvalue weighted by atomic mass is 32.1. The molecule has 0 saturated carbocycles. The Kier molecular flexibility index (Phi) is 7.03. The number of nitrogens with one attached hydrogen (secondary N) is 2.